The number of carbonyl (C=O) groups excluding carboxylic acids is 1. The molecule has 1 aromatic carbocycles. The standard InChI is InChI=1S/C13H14BrClFNO3S/c14-10-8-11(16)12(21(15,19)20)7-9(10)13(18)17-5-3-1-2-4-6-17/h7-8H,1-6H2. The van der Waals surface area contributed by atoms with Crippen LogP contribution in [-0.2, 0) is 9.05 Å². The van der Waals surface area contributed by atoms with Gasteiger partial charge in [0.05, 0.1) is 5.56 Å². The van der Waals surface area contributed by atoms with Gasteiger partial charge in [-0.2, -0.15) is 0 Å². The van der Waals surface area contributed by atoms with Gasteiger partial charge in [0, 0.05) is 28.2 Å². The van der Waals surface area contributed by atoms with Gasteiger partial charge >= 0.3 is 0 Å². The lowest BCUT2D eigenvalue weighted by atomic mass is 10.2. The summed E-state index contributed by atoms with van der Waals surface area (Å²) >= 11 is 3.11. The average Bonchev–Trinajstić information content (AvgIpc) is 2.65. The van der Waals surface area contributed by atoms with E-state index >= 15 is 0 Å². The molecule has 116 valence electrons. The lowest BCUT2D eigenvalue weighted by molar-refractivity contribution is 0.0760. The molecule has 1 saturated heterocycles. The number of hydrogen-bond acceptors (Lipinski definition) is 3. The van der Waals surface area contributed by atoms with Gasteiger partial charge in [-0.3, -0.25) is 4.79 Å². The van der Waals surface area contributed by atoms with Crippen molar-refractivity contribution >= 4 is 41.6 Å². The molecule has 0 unspecified atom stereocenters. The SMILES string of the molecule is O=C(c1cc(S(=O)(=O)Cl)c(F)cc1Br)N1CCCCCC1. The normalized spacial score (nSPS) is 16.6. The molecule has 21 heavy (non-hydrogen) atoms. The number of halogens is 3. The van der Waals surface area contributed by atoms with E-state index in [0.29, 0.717) is 13.1 Å². The van der Waals surface area contributed by atoms with Gasteiger partial charge in [-0.25, -0.2) is 12.8 Å². The summed E-state index contributed by atoms with van der Waals surface area (Å²) in [4.78, 5) is 13.5. The summed E-state index contributed by atoms with van der Waals surface area (Å²) in [6, 6.07) is 1.95. The van der Waals surface area contributed by atoms with Crippen LogP contribution in [0.15, 0.2) is 21.5 Å². The summed E-state index contributed by atoms with van der Waals surface area (Å²) < 4.78 is 36.6. The molecule has 0 aliphatic carbocycles. The van der Waals surface area contributed by atoms with Crippen molar-refractivity contribution in [1.29, 1.82) is 0 Å². The molecule has 0 bridgehead atoms. The summed E-state index contributed by atoms with van der Waals surface area (Å²) in [5.74, 6) is -1.30. The highest BCUT2D eigenvalue weighted by atomic mass is 79.9. The van der Waals surface area contributed by atoms with E-state index in [2.05, 4.69) is 15.9 Å². The maximum atomic E-state index is 13.7. The second-order valence-electron chi connectivity index (χ2n) is 4.91. The Bertz CT molecular complexity index is 658. The molecule has 0 aromatic heterocycles. The van der Waals surface area contributed by atoms with E-state index in [1.54, 1.807) is 4.90 Å². The Kier molecular flexibility index (Phi) is 5.27. The van der Waals surface area contributed by atoms with Gasteiger partial charge in [-0.15, -0.1) is 0 Å². The van der Waals surface area contributed by atoms with E-state index in [4.69, 9.17) is 10.7 Å². The second kappa shape index (κ2) is 6.62. The molecule has 8 heteroatoms. The molecule has 0 radical (unpaired) electrons. The van der Waals surface area contributed by atoms with Crippen molar-refractivity contribution in [2.24, 2.45) is 0 Å². The summed E-state index contributed by atoms with van der Waals surface area (Å²) in [5, 5.41) is 0. The van der Waals surface area contributed by atoms with Crippen molar-refractivity contribution in [2.45, 2.75) is 30.6 Å². The highest BCUT2D eigenvalue weighted by molar-refractivity contribution is 9.10. The van der Waals surface area contributed by atoms with E-state index in [0.717, 1.165) is 37.8 Å². The fourth-order valence-corrected chi connectivity index (χ4v) is 3.71. The first-order valence-electron chi connectivity index (χ1n) is 6.53. The number of amides is 1. The van der Waals surface area contributed by atoms with Crippen LogP contribution in [0.5, 0.6) is 0 Å². The van der Waals surface area contributed by atoms with Crippen LogP contribution in [0.25, 0.3) is 0 Å². The Labute approximate surface area is 135 Å². The van der Waals surface area contributed by atoms with Crippen LogP contribution in [0.4, 0.5) is 4.39 Å². The third kappa shape index (κ3) is 3.96. The highest BCUT2D eigenvalue weighted by Crippen LogP contribution is 2.28. The van der Waals surface area contributed by atoms with Crippen molar-refractivity contribution in [3.05, 3.63) is 28.0 Å². The van der Waals surface area contributed by atoms with Crippen molar-refractivity contribution in [2.75, 3.05) is 13.1 Å². The van der Waals surface area contributed by atoms with Crippen molar-refractivity contribution in [1.82, 2.24) is 4.90 Å². The summed E-state index contributed by atoms with van der Waals surface area (Å²) in [6.07, 6.45) is 3.95. The van der Waals surface area contributed by atoms with Crippen molar-refractivity contribution in [3.63, 3.8) is 0 Å². The van der Waals surface area contributed by atoms with Crippen LogP contribution in [0, 0.1) is 5.82 Å². The molecule has 0 atom stereocenters. The van der Waals surface area contributed by atoms with Gasteiger partial charge in [0.2, 0.25) is 0 Å². The molecule has 0 spiro atoms. The molecule has 1 aliphatic heterocycles. The lowest BCUT2D eigenvalue weighted by Gasteiger charge is -2.21. The number of likely N-dealkylation sites (tertiary alicyclic amines) is 1. The quantitative estimate of drug-likeness (QED) is 0.716. The molecule has 0 saturated carbocycles. The van der Waals surface area contributed by atoms with E-state index in [9.17, 15) is 17.6 Å². The Balaban J connectivity index is 2.40. The van der Waals surface area contributed by atoms with Gasteiger partial charge < -0.3 is 4.90 Å². The number of hydrogen-bond donors (Lipinski definition) is 0. The predicted octanol–water partition coefficient (Wildman–Crippen LogP) is 3.53. The highest BCUT2D eigenvalue weighted by Gasteiger charge is 2.24. The van der Waals surface area contributed by atoms with E-state index in [1.807, 2.05) is 0 Å². The van der Waals surface area contributed by atoms with E-state index in [-0.39, 0.29) is 15.9 Å². The van der Waals surface area contributed by atoms with E-state index in [1.165, 1.54) is 0 Å². The van der Waals surface area contributed by atoms with Gasteiger partial charge in [0.15, 0.2) is 0 Å². The van der Waals surface area contributed by atoms with Gasteiger partial charge in [0.1, 0.15) is 10.7 Å². The van der Waals surface area contributed by atoms with Crippen molar-refractivity contribution in [3.8, 4) is 0 Å². The first-order chi connectivity index (χ1) is 9.80. The molecule has 1 fully saturated rings. The topological polar surface area (TPSA) is 54.5 Å². The lowest BCUT2D eigenvalue weighted by Crippen LogP contribution is -2.32. The second-order valence-corrected chi connectivity index (χ2v) is 8.30. The number of rotatable bonds is 2. The minimum Gasteiger partial charge on any atom is -0.339 e. The molecule has 1 aliphatic rings. The van der Waals surface area contributed by atoms with Crippen LogP contribution in [0.3, 0.4) is 0 Å². The number of nitrogens with zero attached hydrogens (tertiary/aromatic N) is 1. The summed E-state index contributed by atoms with van der Waals surface area (Å²) in [5.41, 5.74) is 0.109. The fraction of sp³-hybridized carbons (Fsp3) is 0.462. The zero-order valence-electron chi connectivity index (χ0n) is 11.1. The zero-order chi connectivity index (χ0) is 15.6. The number of benzene rings is 1. The van der Waals surface area contributed by atoms with Crippen LogP contribution >= 0.6 is 26.6 Å². The van der Waals surface area contributed by atoms with E-state index < -0.39 is 19.8 Å². The first kappa shape index (κ1) is 16.7. The summed E-state index contributed by atoms with van der Waals surface area (Å²) in [7, 11) is 0.958. The molecular formula is C13H14BrClFNO3S. The third-order valence-corrected chi connectivity index (χ3v) is 5.40. The first-order valence-corrected chi connectivity index (χ1v) is 9.64. The van der Waals surface area contributed by atoms with Crippen LogP contribution in [0.1, 0.15) is 36.0 Å². The smallest absolute Gasteiger partial charge is 0.264 e. The molecular weight excluding hydrogens is 385 g/mol. The van der Waals surface area contributed by atoms with Crippen molar-refractivity contribution < 1.29 is 17.6 Å². The average molecular weight is 399 g/mol. The largest absolute Gasteiger partial charge is 0.339 e. The Morgan fingerprint density at radius 1 is 1.19 bits per heavy atom. The fourth-order valence-electron chi connectivity index (χ4n) is 2.32. The Hall–Kier alpha value is -0.660. The molecule has 0 N–H and O–H groups in total. The van der Waals surface area contributed by atoms with Gasteiger partial charge in [-0.1, -0.05) is 12.8 Å². The van der Waals surface area contributed by atoms with Gasteiger partial charge in [0.25, 0.3) is 15.0 Å². The molecule has 2 rings (SSSR count). The van der Waals surface area contributed by atoms with Gasteiger partial charge in [-0.05, 0) is 40.9 Å². The Morgan fingerprint density at radius 2 is 1.76 bits per heavy atom. The summed E-state index contributed by atoms with van der Waals surface area (Å²) in [6.45, 7) is 1.23. The predicted molar refractivity (Wildman–Crippen MR) is 81.5 cm³/mol. The molecule has 1 aromatic rings. The van der Waals surface area contributed by atoms with Crippen LogP contribution in [0.2, 0.25) is 0 Å². The van der Waals surface area contributed by atoms with Crippen LogP contribution in [-0.4, -0.2) is 32.3 Å². The minimum absolute atomic E-state index is 0.109. The number of carbonyl (C=O) groups is 1. The van der Waals surface area contributed by atoms with Crippen LogP contribution < -0.4 is 0 Å². The molecule has 1 amide bonds. The third-order valence-electron chi connectivity index (χ3n) is 3.41. The maximum absolute atomic E-state index is 13.7. The maximum Gasteiger partial charge on any atom is 0.264 e. The molecule has 1 heterocycles. The molecule has 4 nitrogen and oxygen atoms in total. The zero-order valence-corrected chi connectivity index (χ0v) is 14.3. The monoisotopic (exact) mass is 397 g/mol. The minimum atomic E-state index is -4.24. The Morgan fingerprint density at radius 3 is 2.29 bits per heavy atom.